The van der Waals surface area contributed by atoms with Crippen molar-refractivity contribution >= 4 is 0 Å². The summed E-state index contributed by atoms with van der Waals surface area (Å²) in [6, 6.07) is 1.98. The summed E-state index contributed by atoms with van der Waals surface area (Å²) in [5.41, 5.74) is 0. The molecule has 5 heteroatoms. The Morgan fingerprint density at radius 3 is 2.38 bits per heavy atom. The van der Waals surface area contributed by atoms with Gasteiger partial charge in [0.25, 0.3) is 0 Å². The van der Waals surface area contributed by atoms with Gasteiger partial charge in [-0.05, 0) is 13.1 Å². The molecular formula is C11H21N4W-. The van der Waals surface area contributed by atoms with Crippen LogP contribution in [0.5, 0.6) is 0 Å². The molecule has 0 bridgehead atoms. The van der Waals surface area contributed by atoms with Crippen molar-refractivity contribution < 1.29 is 21.1 Å². The van der Waals surface area contributed by atoms with Crippen molar-refractivity contribution in [3.63, 3.8) is 0 Å². The van der Waals surface area contributed by atoms with Crippen molar-refractivity contribution in [2.45, 2.75) is 6.54 Å². The van der Waals surface area contributed by atoms with Gasteiger partial charge in [-0.1, -0.05) is 0 Å². The van der Waals surface area contributed by atoms with Crippen molar-refractivity contribution in [2.24, 2.45) is 0 Å². The van der Waals surface area contributed by atoms with Crippen molar-refractivity contribution in [2.75, 3.05) is 39.8 Å². The number of aromatic nitrogens is 2. The van der Waals surface area contributed by atoms with Gasteiger partial charge in [-0.25, -0.2) is 0 Å². The predicted octanol–water partition coefficient (Wildman–Crippen LogP) is 0.578. The fourth-order valence-corrected chi connectivity index (χ4v) is 1.75. The van der Waals surface area contributed by atoms with E-state index in [0.29, 0.717) is 0 Å². The fraction of sp³-hybridized carbons (Fsp3) is 0.636. The van der Waals surface area contributed by atoms with E-state index < -0.39 is 0 Å². The van der Waals surface area contributed by atoms with Gasteiger partial charge >= 0.3 is 0 Å². The summed E-state index contributed by atoms with van der Waals surface area (Å²) in [7, 11) is 2.19. The number of hydrogen-bond donors (Lipinski definition) is 0. The second kappa shape index (κ2) is 7.99. The molecule has 1 aromatic heterocycles. The van der Waals surface area contributed by atoms with E-state index in [1.165, 1.54) is 26.2 Å². The first kappa shape index (κ1) is 15.8. The van der Waals surface area contributed by atoms with E-state index in [4.69, 9.17) is 0 Å². The molecule has 2 rings (SSSR count). The minimum absolute atomic E-state index is 0. The summed E-state index contributed by atoms with van der Waals surface area (Å²) >= 11 is 0. The Labute approximate surface area is 113 Å². The van der Waals surface area contributed by atoms with Crippen LogP contribution >= 0.6 is 0 Å². The van der Waals surface area contributed by atoms with Crippen LogP contribution in [0, 0.1) is 7.43 Å². The minimum atomic E-state index is 0. The summed E-state index contributed by atoms with van der Waals surface area (Å²) in [5, 5.41) is 4.20. The quantitative estimate of drug-likeness (QED) is 0.703. The van der Waals surface area contributed by atoms with E-state index in [-0.39, 0.29) is 28.5 Å². The molecule has 2 heterocycles. The van der Waals surface area contributed by atoms with E-state index in [9.17, 15) is 0 Å². The molecule has 0 aliphatic carbocycles. The average molecular weight is 393 g/mol. The van der Waals surface area contributed by atoms with Gasteiger partial charge in [0.2, 0.25) is 0 Å². The monoisotopic (exact) mass is 393 g/mol. The van der Waals surface area contributed by atoms with Crippen LogP contribution in [-0.4, -0.2) is 59.4 Å². The molecule has 0 unspecified atom stereocenters. The van der Waals surface area contributed by atoms with Crippen molar-refractivity contribution in [1.82, 2.24) is 19.6 Å². The van der Waals surface area contributed by atoms with Gasteiger partial charge in [-0.15, -0.1) is 0 Å². The predicted molar refractivity (Wildman–Crippen MR) is 62.6 cm³/mol. The fourth-order valence-electron chi connectivity index (χ4n) is 1.75. The SMILES string of the molecule is CN1CCN(CCn2cccn2)CC1.[CH3-].[W]. The zero-order valence-corrected chi connectivity index (χ0v) is 13.1. The molecule has 4 nitrogen and oxygen atoms in total. The van der Waals surface area contributed by atoms with E-state index in [1.807, 2.05) is 23.1 Å². The van der Waals surface area contributed by atoms with E-state index >= 15 is 0 Å². The smallest absolute Gasteiger partial charge is 0.0536 e. The Hall–Kier alpha value is -0.182. The van der Waals surface area contributed by atoms with Crippen LogP contribution in [-0.2, 0) is 27.6 Å². The maximum Gasteiger partial charge on any atom is 0.0536 e. The molecule has 92 valence electrons. The molecule has 1 fully saturated rings. The zero-order valence-electron chi connectivity index (χ0n) is 10.2. The van der Waals surface area contributed by atoms with Crippen molar-refractivity contribution in [3.8, 4) is 0 Å². The Morgan fingerprint density at radius 1 is 1.12 bits per heavy atom. The second-order valence-corrected chi connectivity index (χ2v) is 3.91. The molecule has 1 aliphatic heterocycles. The third-order valence-corrected chi connectivity index (χ3v) is 2.80. The van der Waals surface area contributed by atoms with Crippen LogP contribution in [0.3, 0.4) is 0 Å². The van der Waals surface area contributed by atoms with Gasteiger partial charge in [0.15, 0.2) is 0 Å². The molecule has 0 saturated carbocycles. The minimum Gasteiger partial charge on any atom is -0.358 e. The maximum atomic E-state index is 4.20. The van der Waals surface area contributed by atoms with Gasteiger partial charge < -0.3 is 12.3 Å². The largest absolute Gasteiger partial charge is 0.358 e. The first-order chi connectivity index (χ1) is 6.84. The molecule has 0 radical (unpaired) electrons. The number of likely N-dealkylation sites (N-methyl/N-ethyl adjacent to an activating group) is 1. The average Bonchev–Trinajstić information content (AvgIpc) is 2.70. The summed E-state index contributed by atoms with van der Waals surface area (Å²) in [5.74, 6) is 0. The topological polar surface area (TPSA) is 24.3 Å². The summed E-state index contributed by atoms with van der Waals surface area (Å²) in [6.45, 7) is 6.90. The van der Waals surface area contributed by atoms with Crippen LogP contribution < -0.4 is 0 Å². The summed E-state index contributed by atoms with van der Waals surface area (Å²) < 4.78 is 2.00. The van der Waals surface area contributed by atoms with E-state index in [0.717, 1.165) is 13.1 Å². The maximum absolute atomic E-state index is 4.20. The Kier molecular flexibility index (Phi) is 7.90. The first-order valence-electron chi connectivity index (χ1n) is 5.23. The molecule has 0 amide bonds. The van der Waals surface area contributed by atoms with Gasteiger partial charge in [0.1, 0.15) is 0 Å². The van der Waals surface area contributed by atoms with Crippen molar-refractivity contribution in [3.05, 3.63) is 25.9 Å². The first-order valence-corrected chi connectivity index (χ1v) is 5.23. The van der Waals surface area contributed by atoms with Gasteiger partial charge in [0, 0.05) is 66.2 Å². The molecule has 1 aliphatic rings. The Morgan fingerprint density at radius 2 is 1.81 bits per heavy atom. The number of rotatable bonds is 3. The van der Waals surface area contributed by atoms with E-state index in [1.54, 1.807) is 0 Å². The van der Waals surface area contributed by atoms with Gasteiger partial charge in [0.05, 0.1) is 6.54 Å². The zero-order chi connectivity index (χ0) is 9.80. The van der Waals surface area contributed by atoms with Crippen LogP contribution in [0.2, 0.25) is 0 Å². The Bertz CT molecular complexity index is 255. The van der Waals surface area contributed by atoms with Crippen LogP contribution in [0.4, 0.5) is 0 Å². The number of nitrogens with zero attached hydrogens (tertiary/aromatic N) is 4. The second-order valence-electron chi connectivity index (χ2n) is 3.91. The van der Waals surface area contributed by atoms with Crippen LogP contribution in [0.25, 0.3) is 0 Å². The Balaban J connectivity index is 0.00000112. The van der Waals surface area contributed by atoms with Gasteiger partial charge in [-0.3, -0.25) is 9.58 Å². The third kappa shape index (κ3) is 4.77. The standard InChI is InChI=1S/C10H18N4.CH3.W/c1-12-5-7-13(8-6-12)9-10-14-4-2-3-11-14;;/h2-4H,5-10H2,1H3;1H3;/q;-1;. The third-order valence-electron chi connectivity index (χ3n) is 2.80. The summed E-state index contributed by atoms with van der Waals surface area (Å²) in [4.78, 5) is 4.88. The molecule has 0 N–H and O–H groups in total. The summed E-state index contributed by atoms with van der Waals surface area (Å²) in [6.07, 6.45) is 3.86. The number of hydrogen-bond acceptors (Lipinski definition) is 3. The molecule has 1 saturated heterocycles. The van der Waals surface area contributed by atoms with E-state index in [2.05, 4.69) is 21.9 Å². The molecule has 0 spiro atoms. The molecule has 16 heavy (non-hydrogen) atoms. The molecular weight excluding hydrogens is 372 g/mol. The number of piperazine rings is 1. The van der Waals surface area contributed by atoms with Crippen LogP contribution in [0.1, 0.15) is 0 Å². The van der Waals surface area contributed by atoms with Crippen LogP contribution in [0.15, 0.2) is 18.5 Å². The molecule has 0 aromatic carbocycles. The van der Waals surface area contributed by atoms with Gasteiger partial charge in [-0.2, -0.15) is 5.10 Å². The van der Waals surface area contributed by atoms with Crippen molar-refractivity contribution in [1.29, 1.82) is 0 Å². The normalized spacial score (nSPS) is 17.6. The molecule has 1 aromatic rings. The molecule has 0 atom stereocenters.